The molecular formula is C12H14N2O2. The Labute approximate surface area is 94.8 Å². The highest BCUT2D eigenvalue weighted by atomic mass is 16.5. The summed E-state index contributed by atoms with van der Waals surface area (Å²) >= 11 is 0. The van der Waals surface area contributed by atoms with Crippen molar-refractivity contribution in [3.05, 3.63) is 17.8 Å². The third kappa shape index (κ3) is 2.63. The standard InChI is InChI=1S/C12H14N2O2/c1-8(2)15-12-5-11(16-10-3-4-10)9(6-13)7-14-12/h5,7-8,10H,3-4H2,1-2H3. The lowest BCUT2D eigenvalue weighted by molar-refractivity contribution is 0.229. The number of ether oxygens (including phenoxy) is 2. The summed E-state index contributed by atoms with van der Waals surface area (Å²) in [6.07, 6.45) is 3.95. The topological polar surface area (TPSA) is 55.1 Å². The smallest absolute Gasteiger partial charge is 0.217 e. The van der Waals surface area contributed by atoms with Gasteiger partial charge in [-0.1, -0.05) is 0 Å². The summed E-state index contributed by atoms with van der Waals surface area (Å²) in [6.45, 7) is 3.86. The summed E-state index contributed by atoms with van der Waals surface area (Å²) < 4.78 is 11.1. The van der Waals surface area contributed by atoms with Crippen molar-refractivity contribution in [1.29, 1.82) is 5.26 Å². The van der Waals surface area contributed by atoms with Crippen LogP contribution in [0.25, 0.3) is 0 Å². The third-order valence-corrected chi connectivity index (χ3v) is 2.14. The molecule has 16 heavy (non-hydrogen) atoms. The Balaban J connectivity index is 2.20. The Bertz CT molecular complexity index is 420. The molecule has 0 spiro atoms. The average Bonchev–Trinajstić information content (AvgIpc) is 3.01. The fraction of sp³-hybridized carbons (Fsp3) is 0.500. The van der Waals surface area contributed by atoms with Gasteiger partial charge in [0.25, 0.3) is 0 Å². The molecule has 1 aromatic rings. The van der Waals surface area contributed by atoms with E-state index in [1.165, 1.54) is 6.20 Å². The molecule has 0 aromatic carbocycles. The molecule has 0 atom stereocenters. The molecule has 4 heteroatoms. The van der Waals surface area contributed by atoms with Crippen LogP contribution in [0.1, 0.15) is 32.3 Å². The van der Waals surface area contributed by atoms with E-state index in [9.17, 15) is 0 Å². The van der Waals surface area contributed by atoms with Gasteiger partial charge < -0.3 is 9.47 Å². The lowest BCUT2D eigenvalue weighted by Crippen LogP contribution is -2.08. The Morgan fingerprint density at radius 2 is 2.25 bits per heavy atom. The summed E-state index contributed by atoms with van der Waals surface area (Å²) in [7, 11) is 0. The number of nitrogens with zero attached hydrogens (tertiary/aromatic N) is 2. The van der Waals surface area contributed by atoms with Gasteiger partial charge in [0.2, 0.25) is 5.88 Å². The maximum Gasteiger partial charge on any atom is 0.217 e. The van der Waals surface area contributed by atoms with Gasteiger partial charge in [0.15, 0.2) is 0 Å². The molecule has 0 N–H and O–H groups in total. The second-order valence-electron chi connectivity index (χ2n) is 4.11. The van der Waals surface area contributed by atoms with E-state index in [0.717, 1.165) is 12.8 Å². The first kappa shape index (κ1) is 10.7. The second kappa shape index (κ2) is 4.40. The molecule has 0 aliphatic heterocycles. The zero-order valence-electron chi connectivity index (χ0n) is 9.43. The van der Waals surface area contributed by atoms with E-state index in [0.29, 0.717) is 17.2 Å². The van der Waals surface area contributed by atoms with Crippen molar-refractivity contribution in [2.24, 2.45) is 0 Å². The van der Waals surface area contributed by atoms with Crippen LogP contribution in [0.5, 0.6) is 11.6 Å². The lowest BCUT2D eigenvalue weighted by atomic mass is 10.3. The highest BCUT2D eigenvalue weighted by Gasteiger charge is 2.25. The number of hydrogen-bond acceptors (Lipinski definition) is 4. The van der Waals surface area contributed by atoms with Crippen LogP contribution >= 0.6 is 0 Å². The fourth-order valence-corrected chi connectivity index (χ4v) is 1.27. The molecule has 0 radical (unpaired) electrons. The van der Waals surface area contributed by atoms with Crippen molar-refractivity contribution in [3.63, 3.8) is 0 Å². The van der Waals surface area contributed by atoms with Crippen molar-refractivity contribution < 1.29 is 9.47 Å². The van der Waals surface area contributed by atoms with Crippen LogP contribution in [0.2, 0.25) is 0 Å². The second-order valence-corrected chi connectivity index (χ2v) is 4.11. The van der Waals surface area contributed by atoms with Gasteiger partial charge in [-0.15, -0.1) is 0 Å². The molecule has 1 aromatic heterocycles. The molecule has 0 saturated heterocycles. The van der Waals surface area contributed by atoms with Crippen molar-refractivity contribution in [2.75, 3.05) is 0 Å². The Morgan fingerprint density at radius 1 is 1.50 bits per heavy atom. The van der Waals surface area contributed by atoms with Crippen LogP contribution in [0.15, 0.2) is 12.3 Å². The number of nitriles is 1. The van der Waals surface area contributed by atoms with Crippen LogP contribution in [-0.2, 0) is 0 Å². The molecule has 0 amide bonds. The van der Waals surface area contributed by atoms with Crippen LogP contribution in [0.3, 0.4) is 0 Å². The first-order valence-electron chi connectivity index (χ1n) is 5.42. The Kier molecular flexibility index (Phi) is 2.95. The number of aromatic nitrogens is 1. The quantitative estimate of drug-likeness (QED) is 0.778. The molecule has 1 fully saturated rings. The van der Waals surface area contributed by atoms with Crippen molar-refractivity contribution in [3.8, 4) is 17.7 Å². The largest absolute Gasteiger partial charge is 0.489 e. The molecular weight excluding hydrogens is 204 g/mol. The van der Waals surface area contributed by atoms with Gasteiger partial charge in [-0.3, -0.25) is 0 Å². The fourth-order valence-electron chi connectivity index (χ4n) is 1.27. The molecule has 4 nitrogen and oxygen atoms in total. The molecule has 84 valence electrons. The summed E-state index contributed by atoms with van der Waals surface area (Å²) in [5.74, 6) is 1.08. The van der Waals surface area contributed by atoms with Gasteiger partial charge in [-0.2, -0.15) is 5.26 Å². The predicted molar refractivity (Wildman–Crippen MR) is 58.4 cm³/mol. The molecule has 2 rings (SSSR count). The first-order chi connectivity index (χ1) is 7.69. The SMILES string of the molecule is CC(C)Oc1cc(OC2CC2)c(C#N)cn1. The van der Waals surface area contributed by atoms with Gasteiger partial charge in [0.1, 0.15) is 17.4 Å². The summed E-state index contributed by atoms with van der Waals surface area (Å²) in [4.78, 5) is 4.05. The molecule has 1 heterocycles. The third-order valence-electron chi connectivity index (χ3n) is 2.14. The number of rotatable bonds is 4. The van der Waals surface area contributed by atoms with E-state index in [2.05, 4.69) is 11.1 Å². The minimum absolute atomic E-state index is 0.0641. The summed E-state index contributed by atoms with van der Waals surface area (Å²) in [5, 5.41) is 8.91. The molecule has 0 unspecified atom stereocenters. The maximum atomic E-state index is 8.91. The Hall–Kier alpha value is -1.76. The van der Waals surface area contributed by atoms with Crippen molar-refractivity contribution in [2.45, 2.75) is 38.9 Å². The average molecular weight is 218 g/mol. The first-order valence-corrected chi connectivity index (χ1v) is 5.42. The van der Waals surface area contributed by atoms with Crippen LogP contribution in [0, 0.1) is 11.3 Å². The zero-order chi connectivity index (χ0) is 11.5. The minimum Gasteiger partial charge on any atom is -0.489 e. The zero-order valence-corrected chi connectivity index (χ0v) is 9.43. The summed E-state index contributed by atoms with van der Waals surface area (Å²) in [5.41, 5.74) is 0.461. The van der Waals surface area contributed by atoms with Crippen molar-refractivity contribution >= 4 is 0 Å². The van der Waals surface area contributed by atoms with E-state index in [4.69, 9.17) is 14.7 Å². The van der Waals surface area contributed by atoms with Crippen LogP contribution in [-0.4, -0.2) is 17.2 Å². The van der Waals surface area contributed by atoms with E-state index < -0.39 is 0 Å². The van der Waals surface area contributed by atoms with Gasteiger partial charge >= 0.3 is 0 Å². The number of hydrogen-bond donors (Lipinski definition) is 0. The number of pyridine rings is 1. The predicted octanol–water partition coefficient (Wildman–Crippen LogP) is 2.28. The summed E-state index contributed by atoms with van der Waals surface area (Å²) in [6, 6.07) is 3.76. The van der Waals surface area contributed by atoms with Gasteiger partial charge in [-0.05, 0) is 26.7 Å². The Morgan fingerprint density at radius 3 is 2.81 bits per heavy atom. The normalized spacial score (nSPS) is 14.6. The molecule has 0 bridgehead atoms. The van der Waals surface area contributed by atoms with E-state index in [1.54, 1.807) is 6.07 Å². The maximum absolute atomic E-state index is 8.91. The lowest BCUT2D eigenvalue weighted by Gasteiger charge is -2.11. The van der Waals surface area contributed by atoms with Crippen LogP contribution < -0.4 is 9.47 Å². The van der Waals surface area contributed by atoms with Gasteiger partial charge in [0, 0.05) is 6.07 Å². The molecule has 1 aliphatic carbocycles. The molecule has 1 saturated carbocycles. The monoisotopic (exact) mass is 218 g/mol. The van der Waals surface area contributed by atoms with E-state index in [-0.39, 0.29) is 12.2 Å². The van der Waals surface area contributed by atoms with E-state index >= 15 is 0 Å². The highest BCUT2D eigenvalue weighted by Crippen LogP contribution is 2.30. The van der Waals surface area contributed by atoms with Gasteiger partial charge in [-0.25, -0.2) is 4.98 Å². The molecule has 1 aliphatic rings. The minimum atomic E-state index is 0.0641. The van der Waals surface area contributed by atoms with E-state index in [1.807, 2.05) is 13.8 Å². The highest BCUT2D eigenvalue weighted by molar-refractivity contribution is 5.43. The van der Waals surface area contributed by atoms with Crippen LogP contribution in [0.4, 0.5) is 0 Å². The van der Waals surface area contributed by atoms with Gasteiger partial charge in [0.05, 0.1) is 18.4 Å². The van der Waals surface area contributed by atoms with Crippen molar-refractivity contribution in [1.82, 2.24) is 4.98 Å².